The maximum atomic E-state index is 13.2. The summed E-state index contributed by atoms with van der Waals surface area (Å²) in [6.07, 6.45) is -2.06. The van der Waals surface area contributed by atoms with E-state index in [1.54, 1.807) is 24.3 Å². The first-order valence-electron chi connectivity index (χ1n) is 9.95. The molecule has 12 heteroatoms. The maximum absolute atomic E-state index is 13.2. The Bertz CT molecular complexity index is 1490. The summed E-state index contributed by atoms with van der Waals surface area (Å²) >= 11 is 0. The van der Waals surface area contributed by atoms with E-state index in [4.69, 9.17) is 10.00 Å². The van der Waals surface area contributed by atoms with Crippen molar-refractivity contribution in [1.29, 1.82) is 5.26 Å². The summed E-state index contributed by atoms with van der Waals surface area (Å²) in [7, 11) is 0. The first kappa shape index (κ1) is 23.2. The van der Waals surface area contributed by atoms with E-state index in [2.05, 4.69) is 20.6 Å². The van der Waals surface area contributed by atoms with Crippen LogP contribution in [0.25, 0.3) is 10.9 Å². The van der Waals surface area contributed by atoms with Crippen LogP contribution in [0.1, 0.15) is 18.1 Å². The maximum Gasteiger partial charge on any atom is 0.417 e. The van der Waals surface area contributed by atoms with Crippen LogP contribution in [0.15, 0.2) is 61.1 Å². The number of ether oxygens (including phenoxy) is 1. The summed E-state index contributed by atoms with van der Waals surface area (Å²) in [5.41, 5.74) is -1.31. The van der Waals surface area contributed by atoms with Gasteiger partial charge in [-0.05, 0) is 42.5 Å². The second-order valence-electron chi connectivity index (χ2n) is 7.23. The molecule has 0 aliphatic heterocycles. The fraction of sp³-hybridized carbons (Fsp3) is 0.0870. The molecule has 0 spiro atoms. The van der Waals surface area contributed by atoms with E-state index in [-0.39, 0.29) is 23.3 Å². The van der Waals surface area contributed by atoms with Crippen LogP contribution >= 0.6 is 0 Å². The van der Waals surface area contributed by atoms with Gasteiger partial charge in [-0.3, -0.25) is 9.36 Å². The second-order valence-corrected chi connectivity index (χ2v) is 7.23. The van der Waals surface area contributed by atoms with E-state index in [0.29, 0.717) is 22.7 Å². The second kappa shape index (κ2) is 9.14. The highest BCUT2D eigenvalue weighted by Crippen LogP contribution is 2.34. The van der Waals surface area contributed by atoms with Gasteiger partial charge in [-0.25, -0.2) is 14.8 Å². The first-order chi connectivity index (χ1) is 16.6. The van der Waals surface area contributed by atoms with Gasteiger partial charge in [-0.15, -0.1) is 0 Å². The fourth-order valence-electron chi connectivity index (χ4n) is 3.26. The Morgan fingerprint density at radius 1 is 1.06 bits per heavy atom. The molecule has 0 aliphatic carbocycles. The number of nitrogens with zero attached hydrogens (tertiary/aromatic N) is 4. The van der Waals surface area contributed by atoms with Crippen molar-refractivity contribution in [2.75, 3.05) is 10.6 Å². The molecule has 4 aromatic rings. The van der Waals surface area contributed by atoms with Gasteiger partial charge in [-0.1, -0.05) is 0 Å². The van der Waals surface area contributed by atoms with E-state index in [9.17, 15) is 22.8 Å². The van der Waals surface area contributed by atoms with Crippen molar-refractivity contribution < 1.29 is 27.5 Å². The Balaban J connectivity index is 1.54. The first-order valence-corrected chi connectivity index (χ1v) is 9.95. The molecule has 0 atom stereocenters. The molecule has 9 nitrogen and oxygen atoms in total. The lowest BCUT2D eigenvalue weighted by atomic mass is 10.1. The number of aromatic nitrogens is 3. The number of carbonyl (C=O) groups is 2. The molecule has 0 radical (unpaired) electrons. The molecule has 0 unspecified atom stereocenters. The number of alkyl halides is 3. The van der Waals surface area contributed by atoms with E-state index in [0.717, 1.165) is 6.07 Å². The van der Waals surface area contributed by atoms with Crippen LogP contribution < -0.4 is 15.4 Å². The average Bonchev–Trinajstić information content (AvgIpc) is 3.22. The lowest BCUT2D eigenvalue weighted by molar-refractivity contribution is -0.137. The van der Waals surface area contributed by atoms with Crippen LogP contribution in [0.2, 0.25) is 0 Å². The minimum Gasteiger partial charge on any atom is -0.439 e. The normalized spacial score (nSPS) is 11.1. The quantitative estimate of drug-likeness (QED) is 0.417. The zero-order chi connectivity index (χ0) is 25.2. The van der Waals surface area contributed by atoms with E-state index < -0.39 is 23.3 Å². The van der Waals surface area contributed by atoms with Crippen molar-refractivity contribution in [2.24, 2.45) is 0 Å². The summed E-state index contributed by atoms with van der Waals surface area (Å²) in [6.45, 7) is 1.34. The van der Waals surface area contributed by atoms with Gasteiger partial charge in [0.05, 0.1) is 22.7 Å². The molecule has 2 amide bonds. The van der Waals surface area contributed by atoms with Crippen LogP contribution in [0, 0.1) is 11.3 Å². The van der Waals surface area contributed by atoms with Gasteiger partial charge in [0, 0.05) is 30.3 Å². The lowest BCUT2D eigenvalue weighted by Crippen LogP contribution is -2.19. The average molecular weight is 480 g/mol. The number of nitriles is 1. The molecule has 4 rings (SSSR count). The Kier molecular flexibility index (Phi) is 6.07. The van der Waals surface area contributed by atoms with Crippen molar-refractivity contribution in [1.82, 2.24) is 14.5 Å². The molecule has 2 heterocycles. The van der Waals surface area contributed by atoms with E-state index in [1.165, 1.54) is 42.2 Å². The van der Waals surface area contributed by atoms with E-state index in [1.807, 2.05) is 0 Å². The summed E-state index contributed by atoms with van der Waals surface area (Å²) in [4.78, 5) is 31.8. The van der Waals surface area contributed by atoms with Crippen molar-refractivity contribution in [3.63, 3.8) is 0 Å². The van der Waals surface area contributed by atoms with Gasteiger partial charge < -0.3 is 15.4 Å². The monoisotopic (exact) mass is 480 g/mol. The largest absolute Gasteiger partial charge is 0.439 e. The Morgan fingerprint density at radius 2 is 1.86 bits per heavy atom. The number of rotatable bonds is 4. The Hall–Kier alpha value is -4.92. The third-order valence-electron chi connectivity index (χ3n) is 4.75. The number of hydrogen-bond donors (Lipinski definition) is 2. The Labute approximate surface area is 195 Å². The molecule has 0 fully saturated rings. The van der Waals surface area contributed by atoms with Gasteiger partial charge in [0.1, 0.15) is 17.9 Å². The van der Waals surface area contributed by atoms with Crippen molar-refractivity contribution >= 4 is 34.3 Å². The van der Waals surface area contributed by atoms with Crippen LogP contribution in [0.5, 0.6) is 11.6 Å². The SMILES string of the molecule is CC(=O)Nc1cc(Oc2ccc3c(ccn3C(=O)Nc3ccc(C#N)c(C(F)(F)F)c3)c2)ncn1. The third-order valence-corrected chi connectivity index (χ3v) is 4.75. The van der Waals surface area contributed by atoms with Gasteiger partial charge in [0.15, 0.2) is 0 Å². The highest BCUT2D eigenvalue weighted by Gasteiger charge is 2.34. The molecule has 35 heavy (non-hydrogen) atoms. The van der Waals surface area contributed by atoms with Crippen LogP contribution in [0.4, 0.5) is 29.5 Å². The zero-order valence-corrected chi connectivity index (χ0v) is 17.9. The number of anilines is 2. The molecule has 0 saturated carbocycles. The van der Waals surface area contributed by atoms with Crippen LogP contribution in [-0.2, 0) is 11.0 Å². The highest BCUT2D eigenvalue weighted by molar-refractivity contribution is 5.99. The number of halogens is 3. The van der Waals surface area contributed by atoms with Gasteiger partial charge in [-0.2, -0.15) is 18.4 Å². The molecular weight excluding hydrogens is 465 g/mol. The number of amides is 2. The van der Waals surface area contributed by atoms with E-state index >= 15 is 0 Å². The third kappa shape index (κ3) is 5.19. The number of hydrogen-bond acceptors (Lipinski definition) is 6. The highest BCUT2D eigenvalue weighted by atomic mass is 19.4. The smallest absolute Gasteiger partial charge is 0.417 e. The summed E-state index contributed by atoms with van der Waals surface area (Å²) in [5.74, 6) is 0.542. The predicted octanol–water partition coefficient (Wildman–Crippen LogP) is 5.15. The molecule has 0 bridgehead atoms. The number of carbonyl (C=O) groups excluding carboxylic acids is 2. The zero-order valence-electron chi connectivity index (χ0n) is 17.9. The van der Waals surface area contributed by atoms with Crippen molar-refractivity contribution in [2.45, 2.75) is 13.1 Å². The van der Waals surface area contributed by atoms with Crippen molar-refractivity contribution in [3.8, 4) is 17.7 Å². The number of fused-ring (bicyclic) bond motifs is 1. The number of benzene rings is 2. The molecule has 176 valence electrons. The summed E-state index contributed by atoms with van der Waals surface area (Å²) in [5, 5.41) is 14.5. The predicted molar refractivity (Wildman–Crippen MR) is 119 cm³/mol. The molecular formula is C23H15F3N6O3. The van der Waals surface area contributed by atoms with Gasteiger partial charge >= 0.3 is 12.2 Å². The minimum atomic E-state index is -4.74. The fourth-order valence-corrected chi connectivity index (χ4v) is 3.26. The van der Waals surface area contributed by atoms with Crippen molar-refractivity contribution in [3.05, 3.63) is 72.2 Å². The Morgan fingerprint density at radius 3 is 2.57 bits per heavy atom. The number of nitrogens with one attached hydrogen (secondary N) is 2. The minimum absolute atomic E-state index is 0.109. The van der Waals surface area contributed by atoms with Gasteiger partial charge in [0.25, 0.3) is 0 Å². The van der Waals surface area contributed by atoms with Crippen LogP contribution in [-0.4, -0.2) is 26.5 Å². The molecule has 0 aliphatic rings. The molecule has 2 aromatic heterocycles. The summed E-state index contributed by atoms with van der Waals surface area (Å²) in [6, 6.07) is 11.6. The molecule has 2 N–H and O–H groups in total. The summed E-state index contributed by atoms with van der Waals surface area (Å²) < 4.78 is 46.5. The topological polar surface area (TPSA) is 122 Å². The van der Waals surface area contributed by atoms with Crippen LogP contribution in [0.3, 0.4) is 0 Å². The molecule has 0 saturated heterocycles. The lowest BCUT2D eigenvalue weighted by Gasteiger charge is -2.12. The molecule has 2 aromatic carbocycles. The van der Waals surface area contributed by atoms with Gasteiger partial charge in [0.2, 0.25) is 11.8 Å². The standard InChI is InChI=1S/C23H15F3N6O3/c1-13(33)30-20-10-21(29-12-28-20)35-17-4-5-19-14(8-17)6-7-32(19)22(34)31-16-3-2-15(11-27)18(9-16)23(24,25)26/h2-10,12H,1H3,(H,31,34)(H,28,29,30,33).